The number of nitrogens with zero attached hydrogens (tertiary/aromatic N) is 2. The maximum Gasteiger partial charge on any atom is 0.480 e. The maximum atomic E-state index is 11.4. The molecule has 0 aliphatic carbocycles. The number of quaternary nitrogens is 1. The van der Waals surface area contributed by atoms with Crippen LogP contribution < -0.4 is 0 Å². The minimum absolute atomic E-state index is 0.316. The second-order valence-corrected chi connectivity index (χ2v) is 8.98. The summed E-state index contributed by atoms with van der Waals surface area (Å²) in [6, 6.07) is 0. The standard InChI is InChI=1S/C8H15NO2.C2F6NO4S2/c1-9(5-2-3-6-9)7-4-8(10)11;3-1(4,5)14(10,11)9-15(12,13)2(6,7)8/h2-7H2,1H3;/q;-1/p+1. The third kappa shape index (κ3) is 7.63. The van der Waals surface area contributed by atoms with Gasteiger partial charge in [-0.2, -0.15) is 26.3 Å². The van der Waals surface area contributed by atoms with Gasteiger partial charge in [-0.3, -0.25) is 4.79 Å². The summed E-state index contributed by atoms with van der Waals surface area (Å²) >= 11 is 0. The van der Waals surface area contributed by atoms with Crippen LogP contribution in [-0.2, 0) is 24.8 Å². The van der Waals surface area contributed by atoms with E-state index in [1.807, 2.05) is 0 Å². The van der Waals surface area contributed by atoms with E-state index in [4.69, 9.17) is 5.11 Å². The van der Waals surface area contributed by atoms with Crippen molar-refractivity contribution in [2.24, 2.45) is 0 Å². The predicted molar refractivity (Wildman–Crippen MR) is 75.6 cm³/mol. The minimum atomic E-state index is -6.72. The summed E-state index contributed by atoms with van der Waals surface area (Å²) in [5.74, 6) is -0.670. The number of hydrogen-bond donors (Lipinski definition) is 1. The molecule has 0 aromatic carbocycles. The van der Waals surface area contributed by atoms with Gasteiger partial charge < -0.3 is 13.7 Å². The van der Waals surface area contributed by atoms with Crippen molar-refractivity contribution in [3.8, 4) is 0 Å². The first kappa shape index (κ1) is 24.9. The molecule has 1 heterocycles. The van der Waals surface area contributed by atoms with Crippen LogP contribution in [0.3, 0.4) is 0 Å². The van der Waals surface area contributed by atoms with Crippen molar-refractivity contribution in [3.63, 3.8) is 0 Å². The Hall–Kier alpha value is -1.13. The second kappa shape index (κ2) is 8.26. The first-order chi connectivity index (χ1) is 11.3. The van der Waals surface area contributed by atoms with Gasteiger partial charge >= 0.3 is 17.0 Å². The number of halogens is 6. The molecule has 26 heavy (non-hydrogen) atoms. The molecule has 0 aromatic rings. The Kier molecular flexibility index (Phi) is 7.90. The fraction of sp³-hybridized carbons (Fsp3) is 0.900. The first-order valence-corrected chi connectivity index (χ1v) is 9.63. The lowest BCUT2D eigenvalue weighted by molar-refractivity contribution is -0.897. The molecule has 0 aromatic heterocycles. The molecule has 1 saturated heterocycles. The lowest BCUT2D eigenvalue weighted by atomic mass is 10.3. The van der Waals surface area contributed by atoms with Gasteiger partial charge in [0.2, 0.25) is 0 Å². The Bertz CT molecular complexity index is 653. The predicted octanol–water partition coefficient (Wildman–Crippen LogP) is 1.76. The van der Waals surface area contributed by atoms with Crippen molar-refractivity contribution in [2.45, 2.75) is 30.3 Å². The smallest absolute Gasteiger partial charge is 0.480 e. The number of likely N-dealkylation sites (tertiary alicyclic amines) is 1. The Morgan fingerprint density at radius 1 is 0.962 bits per heavy atom. The number of alkyl halides is 6. The van der Waals surface area contributed by atoms with Gasteiger partial charge in [0.15, 0.2) is 20.0 Å². The summed E-state index contributed by atoms with van der Waals surface area (Å²) < 4.78 is 110. The fourth-order valence-corrected chi connectivity index (χ4v) is 3.61. The third-order valence-electron chi connectivity index (χ3n) is 3.29. The quantitative estimate of drug-likeness (QED) is 0.516. The topological polar surface area (TPSA) is 120 Å². The van der Waals surface area contributed by atoms with Gasteiger partial charge in [-0.05, 0) is 0 Å². The zero-order chi connectivity index (χ0) is 21.0. The number of hydrogen-bond acceptors (Lipinski definition) is 5. The van der Waals surface area contributed by atoms with Crippen LogP contribution in [-0.4, -0.2) is 70.1 Å². The molecule has 1 aliphatic rings. The average Bonchev–Trinajstić information content (AvgIpc) is 2.81. The van der Waals surface area contributed by atoms with Crippen LogP contribution >= 0.6 is 0 Å². The van der Waals surface area contributed by atoms with Gasteiger partial charge in [0.1, 0.15) is 0 Å². The highest BCUT2D eigenvalue weighted by atomic mass is 32.3. The number of carboxylic acid groups (broad SMARTS) is 1. The highest BCUT2D eigenvalue weighted by Crippen LogP contribution is 2.36. The maximum absolute atomic E-state index is 11.4. The van der Waals surface area contributed by atoms with Crippen molar-refractivity contribution in [3.05, 3.63) is 4.13 Å². The van der Waals surface area contributed by atoms with E-state index in [1.54, 1.807) is 0 Å². The average molecular weight is 438 g/mol. The molecule has 0 radical (unpaired) electrons. The van der Waals surface area contributed by atoms with Crippen LogP contribution in [0.15, 0.2) is 0 Å². The summed E-state index contributed by atoms with van der Waals surface area (Å²) in [4.78, 5) is 10.3. The highest BCUT2D eigenvalue weighted by Gasteiger charge is 2.46. The van der Waals surface area contributed by atoms with Crippen molar-refractivity contribution < 1.29 is 57.6 Å². The van der Waals surface area contributed by atoms with E-state index in [1.165, 1.54) is 12.8 Å². The molecular formula is C10H16F6N2O6S2. The minimum Gasteiger partial charge on any atom is -0.481 e. The molecule has 16 heteroatoms. The van der Waals surface area contributed by atoms with Gasteiger partial charge in [0, 0.05) is 12.8 Å². The zero-order valence-corrected chi connectivity index (χ0v) is 14.8. The molecule has 0 unspecified atom stereocenters. The van der Waals surface area contributed by atoms with Gasteiger partial charge in [-0.15, -0.1) is 0 Å². The Morgan fingerprint density at radius 2 is 1.31 bits per heavy atom. The van der Waals surface area contributed by atoms with E-state index in [0.29, 0.717) is 6.42 Å². The summed E-state index contributed by atoms with van der Waals surface area (Å²) in [6.07, 6.45) is 2.84. The summed E-state index contributed by atoms with van der Waals surface area (Å²) in [6.45, 7) is 3.12. The molecule has 156 valence electrons. The largest absolute Gasteiger partial charge is 0.481 e. The molecule has 1 aliphatic heterocycles. The molecule has 1 rings (SSSR count). The van der Waals surface area contributed by atoms with Crippen LogP contribution in [0.2, 0.25) is 0 Å². The zero-order valence-electron chi connectivity index (χ0n) is 13.2. The van der Waals surface area contributed by atoms with Gasteiger partial charge in [-0.1, -0.05) is 0 Å². The van der Waals surface area contributed by atoms with Crippen molar-refractivity contribution in [2.75, 3.05) is 26.7 Å². The van der Waals surface area contributed by atoms with E-state index < -0.39 is 37.0 Å². The van der Waals surface area contributed by atoms with E-state index in [-0.39, 0.29) is 0 Å². The molecule has 8 nitrogen and oxygen atoms in total. The first-order valence-electron chi connectivity index (χ1n) is 6.75. The summed E-state index contributed by atoms with van der Waals surface area (Å²) in [5.41, 5.74) is -12.4. The second-order valence-electron chi connectivity index (χ2n) is 5.56. The molecule has 0 spiro atoms. The van der Waals surface area contributed by atoms with Crippen LogP contribution in [0.4, 0.5) is 26.3 Å². The van der Waals surface area contributed by atoms with Crippen molar-refractivity contribution in [1.82, 2.24) is 0 Å². The van der Waals surface area contributed by atoms with Gasteiger partial charge in [0.25, 0.3) is 0 Å². The number of sulfonamides is 2. The molecular weight excluding hydrogens is 422 g/mol. The van der Waals surface area contributed by atoms with Crippen LogP contribution in [0.5, 0.6) is 0 Å². The van der Waals surface area contributed by atoms with Gasteiger partial charge in [-0.25, -0.2) is 16.8 Å². The van der Waals surface area contributed by atoms with E-state index in [9.17, 15) is 48.0 Å². The fourth-order valence-electron chi connectivity index (χ4n) is 1.90. The molecule has 1 N–H and O–H groups in total. The molecule has 0 atom stereocenters. The van der Waals surface area contributed by atoms with E-state index in [2.05, 4.69) is 7.05 Å². The third-order valence-corrected chi connectivity index (χ3v) is 6.03. The van der Waals surface area contributed by atoms with Crippen LogP contribution in [0, 0.1) is 0 Å². The molecule has 0 amide bonds. The van der Waals surface area contributed by atoms with E-state index >= 15 is 0 Å². The SMILES string of the molecule is C[N+]1(CCC(=O)O)CCCC1.O=S(=O)([N-]S(=O)(=O)C(F)(F)F)C(F)(F)F. The summed E-state index contributed by atoms with van der Waals surface area (Å²) in [5, 5.41) is 8.48. The Labute approximate surface area is 145 Å². The molecule has 0 bridgehead atoms. The van der Waals surface area contributed by atoms with Crippen molar-refractivity contribution >= 4 is 26.0 Å². The Morgan fingerprint density at radius 3 is 1.58 bits per heavy atom. The lowest BCUT2D eigenvalue weighted by Gasteiger charge is -2.28. The van der Waals surface area contributed by atoms with Crippen molar-refractivity contribution in [1.29, 1.82) is 0 Å². The van der Waals surface area contributed by atoms with E-state index in [0.717, 1.165) is 28.2 Å². The normalized spacial score (nSPS) is 18.1. The molecule has 0 saturated carbocycles. The van der Waals surface area contributed by atoms with Gasteiger partial charge in [0.05, 0.1) is 33.1 Å². The molecule has 1 fully saturated rings. The number of carbonyl (C=O) groups is 1. The highest BCUT2D eigenvalue weighted by molar-refractivity contribution is 8.13. The number of carboxylic acids is 1. The van der Waals surface area contributed by atoms with Crippen LogP contribution in [0.1, 0.15) is 19.3 Å². The number of aliphatic carboxylic acids is 1. The number of rotatable bonds is 5. The Balaban J connectivity index is 0.000000502. The summed E-state index contributed by atoms with van der Waals surface area (Å²) in [7, 11) is -11.3. The monoisotopic (exact) mass is 438 g/mol. The van der Waals surface area contributed by atoms with Crippen LogP contribution in [0.25, 0.3) is 4.13 Å². The lowest BCUT2D eigenvalue weighted by Crippen LogP contribution is -2.42.